The third kappa shape index (κ3) is 8.86. The van der Waals surface area contributed by atoms with Crippen molar-refractivity contribution in [1.29, 1.82) is 0 Å². The summed E-state index contributed by atoms with van der Waals surface area (Å²) in [5.41, 5.74) is 0. The van der Waals surface area contributed by atoms with E-state index in [0.29, 0.717) is 0 Å². The van der Waals surface area contributed by atoms with Crippen LogP contribution in [0.25, 0.3) is 0 Å². The average Bonchev–Trinajstić information content (AvgIpc) is 2.76. The zero-order valence-electron chi connectivity index (χ0n) is 22.9. The maximum atomic E-state index is 12.0. The number of rotatable bonds is 8. The second-order valence-electron chi connectivity index (χ2n) is 9.00. The Labute approximate surface area is 224 Å². The summed E-state index contributed by atoms with van der Waals surface area (Å²) in [7, 11) is 0. The number of esters is 6. The van der Waals surface area contributed by atoms with Gasteiger partial charge in [0, 0.05) is 41.5 Å². The molecule has 0 aromatic carbocycles. The normalized spacial score (nSPS) is 34.2. The number of hydrogen-bond donors (Lipinski definition) is 0. The molecule has 0 amide bonds. The van der Waals surface area contributed by atoms with Crippen LogP contribution in [-0.4, -0.2) is 97.2 Å². The van der Waals surface area contributed by atoms with Gasteiger partial charge in [-0.2, -0.15) is 0 Å². The van der Waals surface area contributed by atoms with Crippen LogP contribution in [-0.2, 0) is 71.4 Å². The Kier molecular flexibility index (Phi) is 11.2. The van der Waals surface area contributed by atoms with E-state index in [4.69, 9.17) is 42.6 Å². The predicted molar refractivity (Wildman–Crippen MR) is 123 cm³/mol. The van der Waals surface area contributed by atoms with Gasteiger partial charge in [0.05, 0.1) is 12.2 Å². The van der Waals surface area contributed by atoms with E-state index in [1.165, 1.54) is 13.8 Å². The van der Waals surface area contributed by atoms with E-state index in [-0.39, 0.29) is 0 Å². The number of ether oxygens (including phenoxy) is 9. The van der Waals surface area contributed by atoms with Gasteiger partial charge in [0.15, 0.2) is 42.9 Å². The molecule has 0 radical (unpaired) electrons. The molecular formula is C24H34O15. The number of carbonyl (C=O) groups is 6. The van der Waals surface area contributed by atoms with Crippen LogP contribution in [0, 0.1) is 0 Å². The zero-order chi connectivity index (χ0) is 29.6. The van der Waals surface area contributed by atoms with E-state index in [9.17, 15) is 28.8 Å². The van der Waals surface area contributed by atoms with Gasteiger partial charge >= 0.3 is 35.8 Å². The third-order valence-corrected chi connectivity index (χ3v) is 5.54. The first-order valence-electron chi connectivity index (χ1n) is 12.1. The van der Waals surface area contributed by atoms with Gasteiger partial charge in [-0.05, 0) is 13.8 Å². The molecule has 0 aliphatic carbocycles. The Balaban J connectivity index is 2.56. The highest BCUT2D eigenvalue weighted by atomic mass is 16.8. The molecule has 0 aromatic heterocycles. The summed E-state index contributed by atoms with van der Waals surface area (Å²) in [6, 6.07) is 0. The van der Waals surface area contributed by atoms with Crippen LogP contribution in [0.4, 0.5) is 0 Å². The van der Waals surface area contributed by atoms with Crippen molar-refractivity contribution in [2.24, 2.45) is 0 Å². The van der Waals surface area contributed by atoms with Crippen molar-refractivity contribution in [3.8, 4) is 0 Å². The summed E-state index contributed by atoms with van der Waals surface area (Å²) < 4.78 is 49.7. The number of carbonyl (C=O) groups excluding carboxylic acids is 6. The summed E-state index contributed by atoms with van der Waals surface area (Å²) in [4.78, 5) is 71.4. The van der Waals surface area contributed by atoms with Crippen molar-refractivity contribution in [1.82, 2.24) is 0 Å². The minimum atomic E-state index is -1.57. The van der Waals surface area contributed by atoms with Gasteiger partial charge in [0.2, 0.25) is 6.29 Å². The Morgan fingerprint density at radius 1 is 0.410 bits per heavy atom. The minimum Gasteiger partial charge on any atom is -0.456 e. The molecule has 2 aliphatic heterocycles. The molecule has 15 nitrogen and oxygen atoms in total. The minimum absolute atomic E-state index is 0.725. The van der Waals surface area contributed by atoms with Crippen molar-refractivity contribution >= 4 is 35.8 Å². The highest BCUT2D eigenvalue weighted by Crippen LogP contribution is 2.35. The van der Waals surface area contributed by atoms with Crippen molar-refractivity contribution < 1.29 is 71.4 Å². The van der Waals surface area contributed by atoms with Gasteiger partial charge < -0.3 is 42.6 Å². The molecule has 0 bridgehead atoms. The van der Waals surface area contributed by atoms with Gasteiger partial charge in [-0.15, -0.1) is 0 Å². The summed E-state index contributed by atoms with van der Waals surface area (Å²) in [5, 5.41) is 0. The summed E-state index contributed by atoms with van der Waals surface area (Å²) in [6.07, 6.45) is -13.2. The SMILES string of the molecule is CC(=O)O[C@H]1O[C@@H](C)[C@H](OC(C)=O)[C@@H](OC(C)=O)[C@@H]1O[C@@H]1O[C@@H](C)[C@H](OC(C)=O)[C@@H](OC(C)=O)[C@H]1OC(C)=O. The highest BCUT2D eigenvalue weighted by molar-refractivity contribution is 5.69. The van der Waals surface area contributed by atoms with E-state index in [1.807, 2.05) is 0 Å². The van der Waals surface area contributed by atoms with Crippen LogP contribution in [0.3, 0.4) is 0 Å². The van der Waals surface area contributed by atoms with Crippen LogP contribution in [0.2, 0.25) is 0 Å². The lowest BCUT2D eigenvalue weighted by Crippen LogP contribution is -2.66. The van der Waals surface area contributed by atoms with E-state index in [2.05, 4.69) is 0 Å². The molecule has 220 valence electrons. The molecule has 2 fully saturated rings. The molecular weight excluding hydrogens is 528 g/mol. The fraction of sp³-hybridized carbons (Fsp3) is 0.750. The van der Waals surface area contributed by atoms with Crippen molar-refractivity contribution in [3.05, 3.63) is 0 Å². The summed E-state index contributed by atoms with van der Waals surface area (Å²) >= 11 is 0. The molecule has 2 saturated heterocycles. The highest BCUT2D eigenvalue weighted by Gasteiger charge is 2.56. The van der Waals surface area contributed by atoms with Gasteiger partial charge in [-0.25, -0.2) is 0 Å². The molecule has 15 heteroatoms. The van der Waals surface area contributed by atoms with Crippen molar-refractivity contribution in [2.75, 3.05) is 0 Å². The number of hydrogen-bond acceptors (Lipinski definition) is 15. The Morgan fingerprint density at radius 2 is 0.718 bits per heavy atom. The third-order valence-electron chi connectivity index (χ3n) is 5.54. The average molecular weight is 563 g/mol. The second kappa shape index (κ2) is 13.7. The van der Waals surface area contributed by atoms with Gasteiger partial charge in [-0.1, -0.05) is 0 Å². The second-order valence-corrected chi connectivity index (χ2v) is 9.00. The molecule has 0 N–H and O–H groups in total. The monoisotopic (exact) mass is 562 g/mol. The molecule has 39 heavy (non-hydrogen) atoms. The Morgan fingerprint density at radius 3 is 1.10 bits per heavy atom. The molecule has 2 rings (SSSR count). The fourth-order valence-corrected chi connectivity index (χ4v) is 4.29. The molecule has 0 unspecified atom stereocenters. The molecule has 0 spiro atoms. The lowest BCUT2D eigenvalue weighted by Gasteiger charge is -2.47. The molecule has 2 aliphatic rings. The topological polar surface area (TPSA) is 185 Å². The zero-order valence-corrected chi connectivity index (χ0v) is 22.9. The predicted octanol–water partition coefficient (Wildman–Crippen LogP) is 0.0828. The smallest absolute Gasteiger partial charge is 0.305 e. The van der Waals surface area contributed by atoms with E-state index in [1.54, 1.807) is 0 Å². The van der Waals surface area contributed by atoms with E-state index in [0.717, 1.165) is 41.5 Å². The van der Waals surface area contributed by atoms with Crippen LogP contribution in [0.1, 0.15) is 55.4 Å². The van der Waals surface area contributed by atoms with Crippen molar-refractivity contribution in [2.45, 2.75) is 117 Å². The van der Waals surface area contributed by atoms with E-state index >= 15 is 0 Å². The standard InChI is InChI=1S/C24H34O15/c1-9-18(34-12(4)26)20(36-14(6)28)22(23(31-9)38-16(8)30)39-24-21(37-15(7)29)19(35-13(5)27)17(10(2)32-24)33-11(3)25/h9-10,17-24H,1-8H3/t9-,10-,17-,18-,19+,20+,21+,22-,23+,24-/m0/s1. The first kappa shape index (κ1) is 31.9. The van der Waals surface area contributed by atoms with Crippen molar-refractivity contribution in [3.63, 3.8) is 0 Å². The molecule has 0 aromatic rings. The van der Waals surface area contributed by atoms with Crippen LogP contribution < -0.4 is 0 Å². The molecule has 10 atom stereocenters. The maximum absolute atomic E-state index is 12.0. The maximum Gasteiger partial charge on any atom is 0.305 e. The quantitative estimate of drug-likeness (QED) is 0.286. The summed E-state index contributed by atoms with van der Waals surface area (Å²) in [5.74, 6) is -4.64. The van der Waals surface area contributed by atoms with E-state index < -0.39 is 97.2 Å². The molecule has 0 saturated carbocycles. The first-order chi connectivity index (χ1) is 18.1. The van der Waals surface area contributed by atoms with Gasteiger partial charge in [-0.3, -0.25) is 28.8 Å². The van der Waals surface area contributed by atoms with Crippen LogP contribution >= 0.6 is 0 Å². The summed E-state index contributed by atoms with van der Waals surface area (Å²) in [6.45, 7) is 9.62. The molecule has 2 heterocycles. The van der Waals surface area contributed by atoms with Gasteiger partial charge in [0.25, 0.3) is 0 Å². The Bertz CT molecular complexity index is 948. The largest absolute Gasteiger partial charge is 0.456 e. The van der Waals surface area contributed by atoms with Crippen LogP contribution in [0.15, 0.2) is 0 Å². The fourth-order valence-electron chi connectivity index (χ4n) is 4.29. The first-order valence-corrected chi connectivity index (χ1v) is 12.1. The Hall–Kier alpha value is -3.30. The lowest BCUT2D eigenvalue weighted by molar-refractivity contribution is -0.358. The lowest BCUT2D eigenvalue weighted by atomic mass is 9.97. The van der Waals surface area contributed by atoms with Gasteiger partial charge in [0.1, 0.15) is 0 Å². The van der Waals surface area contributed by atoms with Crippen LogP contribution in [0.5, 0.6) is 0 Å².